The largest absolute Gasteiger partial charge is 0.473 e. The Morgan fingerprint density at radius 2 is 2.36 bits per heavy atom. The van der Waals surface area contributed by atoms with Crippen LogP contribution in [0.1, 0.15) is 20.3 Å². The van der Waals surface area contributed by atoms with Crippen LogP contribution in [-0.4, -0.2) is 10.2 Å². The van der Waals surface area contributed by atoms with Gasteiger partial charge >= 0.3 is 0 Å². The summed E-state index contributed by atoms with van der Waals surface area (Å²) < 4.78 is 7.87. The molecule has 1 aliphatic heterocycles. The lowest BCUT2D eigenvalue weighted by Crippen LogP contribution is -2.34. The highest BCUT2D eigenvalue weighted by Crippen LogP contribution is 2.27. The summed E-state index contributed by atoms with van der Waals surface area (Å²) in [4.78, 5) is 0. The summed E-state index contributed by atoms with van der Waals surface area (Å²) in [5.41, 5.74) is 0.0222. The van der Waals surface area contributed by atoms with Crippen LogP contribution >= 0.6 is 0 Å². The van der Waals surface area contributed by atoms with Crippen molar-refractivity contribution in [2.24, 2.45) is 0 Å². The van der Waals surface area contributed by atoms with Crippen LogP contribution in [0.2, 0.25) is 0 Å². The summed E-state index contributed by atoms with van der Waals surface area (Å²) in [6.45, 7) is 5.34. The SMILES string of the molecule is CC1(C)CCn2cccc2O1. The van der Waals surface area contributed by atoms with Crippen molar-refractivity contribution in [2.75, 3.05) is 0 Å². The van der Waals surface area contributed by atoms with Crippen molar-refractivity contribution >= 4 is 0 Å². The van der Waals surface area contributed by atoms with Crippen LogP contribution in [0, 0.1) is 0 Å². The van der Waals surface area contributed by atoms with Crippen LogP contribution in [-0.2, 0) is 6.54 Å². The van der Waals surface area contributed by atoms with Gasteiger partial charge in [-0.25, -0.2) is 0 Å². The Morgan fingerprint density at radius 1 is 1.55 bits per heavy atom. The Morgan fingerprint density at radius 3 is 3.18 bits per heavy atom. The molecule has 0 radical (unpaired) electrons. The van der Waals surface area contributed by atoms with Crippen LogP contribution in [0.15, 0.2) is 18.3 Å². The molecule has 1 aliphatic rings. The topological polar surface area (TPSA) is 14.2 Å². The highest BCUT2D eigenvalue weighted by molar-refractivity contribution is 5.16. The number of rotatable bonds is 0. The molecule has 0 aromatic carbocycles. The van der Waals surface area contributed by atoms with E-state index in [9.17, 15) is 0 Å². The lowest BCUT2D eigenvalue weighted by atomic mass is 10.0. The van der Waals surface area contributed by atoms with Gasteiger partial charge in [-0.3, -0.25) is 0 Å². The number of hydrogen-bond acceptors (Lipinski definition) is 1. The van der Waals surface area contributed by atoms with Crippen molar-refractivity contribution < 1.29 is 4.74 Å². The number of aromatic nitrogens is 1. The van der Waals surface area contributed by atoms with E-state index in [4.69, 9.17) is 4.74 Å². The predicted molar refractivity (Wildman–Crippen MR) is 43.8 cm³/mol. The summed E-state index contributed by atoms with van der Waals surface area (Å²) in [5, 5.41) is 0. The zero-order valence-electron chi connectivity index (χ0n) is 7.00. The summed E-state index contributed by atoms with van der Waals surface area (Å²) in [6.07, 6.45) is 3.15. The first-order valence-electron chi connectivity index (χ1n) is 4.02. The molecule has 2 heterocycles. The maximum atomic E-state index is 5.72. The van der Waals surface area contributed by atoms with Crippen molar-refractivity contribution in [2.45, 2.75) is 32.4 Å². The van der Waals surface area contributed by atoms with Gasteiger partial charge in [-0.15, -0.1) is 0 Å². The van der Waals surface area contributed by atoms with Crippen molar-refractivity contribution in [3.8, 4) is 5.88 Å². The third-order valence-corrected chi connectivity index (χ3v) is 2.12. The highest BCUT2D eigenvalue weighted by Gasteiger charge is 2.25. The summed E-state index contributed by atoms with van der Waals surface area (Å²) in [6, 6.07) is 4.04. The molecule has 0 aliphatic carbocycles. The summed E-state index contributed by atoms with van der Waals surface area (Å²) >= 11 is 0. The Kier molecular flexibility index (Phi) is 1.25. The van der Waals surface area contributed by atoms with Crippen LogP contribution in [0.4, 0.5) is 0 Å². The molecule has 0 saturated heterocycles. The second-order valence-corrected chi connectivity index (χ2v) is 3.65. The summed E-state index contributed by atoms with van der Waals surface area (Å²) in [5.74, 6) is 1.00. The van der Waals surface area contributed by atoms with Crippen molar-refractivity contribution in [3.63, 3.8) is 0 Å². The molecule has 0 amide bonds. The molecule has 1 aromatic rings. The molecule has 0 unspecified atom stereocenters. The number of hydrogen-bond donors (Lipinski definition) is 0. The molecule has 0 fully saturated rings. The molecule has 2 nitrogen and oxygen atoms in total. The third kappa shape index (κ3) is 1.13. The molecular weight excluding hydrogens is 138 g/mol. The van der Waals surface area contributed by atoms with Crippen LogP contribution in [0.3, 0.4) is 0 Å². The zero-order chi connectivity index (χ0) is 7.90. The Hall–Kier alpha value is -0.920. The van der Waals surface area contributed by atoms with Gasteiger partial charge in [0.15, 0.2) is 5.88 Å². The van der Waals surface area contributed by atoms with E-state index in [1.807, 2.05) is 12.1 Å². The van der Waals surface area contributed by atoms with Gasteiger partial charge in [0.2, 0.25) is 0 Å². The number of nitrogens with zero attached hydrogens (tertiary/aromatic N) is 1. The van der Waals surface area contributed by atoms with E-state index in [2.05, 4.69) is 24.6 Å². The Labute approximate surface area is 66.8 Å². The zero-order valence-corrected chi connectivity index (χ0v) is 7.00. The predicted octanol–water partition coefficient (Wildman–Crippen LogP) is 2.05. The third-order valence-electron chi connectivity index (χ3n) is 2.12. The Balaban J connectivity index is 2.32. The van der Waals surface area contributed by atoms with E-state index in [0.717, 1.165) is 18.8 Å². The van der Waals surface area contributed by atoms with Gasteiger partial charge in [-0.1, -0.05) is 0 Å². The normalized spacial score (nSPS) is 20.5. The molecule has 0 bridgehead atoms. The van der Waals surface area contributed by atoms with Gasteiger partial charge in [0.1, 0.15) is 5.60 Å². The lowest BCUT2D eigenvalue weighted by Gasteiger charge is -2.31. The average Bonchev–Trinajstić information content (AvgIpc) is 2.31. The van der Waals surface area contributed by atoms with Gasteiger partial charge in [0, 0.05) is 19.2 Å². The molecule has 11 heavy (non-hydrogen) atoms. The van der Waals surface area contributed by atoms with Gasteiger partial charge in [-0.2, -0.15) is 0 Å². The van der Waals surface area contributed by atoms with E-state index in [1.54, 1.807) is 0 Å². The molecular formula is C9H13NO. The van der Waals surface area contributed by atoms with Gasteiger partial charge < -0.3 is 9.30 Å². The second kappa shape index (κ2) is 2.03. The quantitative estimate of drug-likeness (QED) is 0.553. The van der Waals surface area contributed by atoms with Crippen molar-refractivity contribution in [1.29, 1.82) is 0 Å². The molecule has 60 valence electrons. The maximum absolute atomic E-state index is 5.72. The molecule has 0 saturated carbocycles. The fourth-order valence-corrected chi connectivity index (χ4v) is 1.40. The summed E-state index contributed by atoms with van der Waals surface area (Å²) in [7, 11) is 0. The number of aryl methyl sites for hydroxylation is 1. The fraction of sp³-hybridized carbons (Fsp3) is 0.556. The smallest absolute Gasteiger partial charge is 0.193 e. The van der Waals surface area contributed by atoms with E-state index < -0.39 is 0 Å². The van der Waals surface area contributed by atoms with Crippen LogP contribution < -0.4 is 4.74 Å². The van der Waals surface area contributed by atoms with E-state index in [-0.39, 0.29) is 5.60 Å². The molecule has 2 rings (SSSR count). The van der Waals surface area contributed by atoms with E-state index in [1.165, 1.54) is 0 Å². The maximum Gasteiger partial charge on any atom is 0.193 e. The Bertz CT molecular complexity index is 262. The van der Waals surface area contributed by atoms with Crippen molar-refractivity contribution in [1.82, 2.24) is 4.57 Å². The average molecular weight is 151 g/mol. The van der Waals surface area contributed by atoms with Crippen LogP contribution in [0.25, 0.3) is 0 Å². The minimum absolute atomic E-state index is 0.0222. The minimum atomic E-state index is 0.0222. The molecule has 0 atom stereocenters. The van der Waals surface area contributed by atoms with Crippen LogP contribution in [0.5, 0.6) is 5.88 Å². The first kappa shape index (κ1) is 6.77. The van der Waals surface area contributed by atoms with Crippen molar-refractivity contribution in [3.05, 3.63) is 18.3 Å². The minimum Gasteiger partial charge on any atom is -0.473 e. The lowest BCUT2D eigenvalue weighted by molar-refractivity contribution is 0.0583. The molecule has 2 heteroatoms. The van der Waals surface area contributed by atoms with E-state index >= 15 is 0 Å². The number of fused-ring (bicyclic) bond motifs is 1. The first-order valence-corrected chi connectivity index (χ1v) is 4.02. The monoisotopic (exact) mass is 151 g/mol. The molecule has 0 N–H and O–H groups in total. The molecule has 1 aromatic heterocycles. The molecule has 0 spiro atoms. The van der Waals surface area contributed by atoms with Gasteiger partial charge in [0.25, 0.3) is 0 Å². The fourth-order valence-electron chi connectivity index (χ4n) is 1.40. The second-order valence-electron chi connectivity index (χ2n) is 3.65. The highest BCUT2D eigenvalue weighted by atomic mass is 16.5. The standard InChI is InChI=1S/C9H13NO/c1-9(2)5-7-10-6-3-4-8(10)11-9/h3-4,6H,5,7H2,1-2H3. The van der Waals surface area contributed by atoms with E-state index in [0.29, 0.717) is 0 Å². The first-order chi connectivity index (χ1) is 5.17. The number of ether oxygens (including phenoxy) is 1. The van der Waals surface area contributed by atoms with Gasteiger partial charge in [-0.05, 0) is 26.0 Å². The van der Waals surface area contributed by atoms with Gasteiger partial charge in [0.05, 0.1) is 0 Å².